The van der Waals surface area contributed by atoms with Gasteiger partial charge in [0, 0.05) is 23.5 Å². The van der Waals surface area contributed by atoms with Crippen molar-refractivity contribution in [3.63, 3.8) is 0 Å². The van der Waals surface area contributed by atoms with Gasteiger partial charge in [-0.05, 0) is 44.5 Å². The lowest BCUT2D eigenvalue weighted by atomic mass is 9.88. The van der Waals surface area contributed by atoms with Crippen molar-refractivity contribution in [2.45, 2.75) is 32.3 Å². The largest absolute Gasteiger partial charge is 0.497 e. The Balaban J connectivity index is 2.24. The van der Waals surface area contributed by atoms with Crippen LogP contribution in [0.5, 0.6) is 5.75 Å². The highest BCUT2D eigenvalue weighted by molar-refractivity contribution is 9.10. The molecule has 1 aliphatic heterocycles. The number of halogens is 1. The van der Waals surface area contributed by atoms with Gasteiger partial charge < -0.3 is 14.8 Å². The van der Waals surface area contributed by atoms with Gasteiger partial charge in [-0.1, -0.05) is 15.9 Å². The molecule has 0 unspecified atom stereocenters. The van der Waals surface area contributed by atoms with Crippen molar-refractivity contribution in [1.29, 1.82) is 0 Å². The number of nitrogens with one attached hydrogen (secondary N) is 1. The zero-order valence-corrected chi connectivity index (χ0v) is 14.5. The average Bonchev–Trinajstić information content (AvgIpc) is 2.86. The summed E-state index contributed by atoms with van der Waals surface area (Å²) in [6.45, 7) is 7.08. The lowest BCUT2D eigenvalue weighted by Gasteiger charge is -2.25. The van der Waals surface area contributed by atoms with Gasteiger partial charge in [0.15, 0.2) is 0 Å². The molecule has 1 fully saturated rings. The van der Waals surface area contributed by atoms with Gasteiger partial charge in [0.05, 0.1) is 13.0 Å². The van der Waals surface area contributed by atoms with Crippen molar-refractivity contribution in [2.75, 3.05) is 20.2 Å². The molecule has 4 nitrogen and oxygen atoms in total. The number of carbonyl (C=O) groups excluding carboxylic acids is 1. The van der Waals surface area contributed by atoms with Crippen LogP contribution in [0.25, 0.3) is 0 Å². The molecule has 0 amide bonds. The molecule has 2 rings (SSSR count). The summed E-state index contributed by atoms with van der Waals surface area (Å²) >= 11 is 3.57. The topological polar surface area (TPSA) is 47.6 Å². The number of hydrogen-bond acceptors (Lipinski definition) is 4. The molecule has 2 atom stereocenters. The maximum absolute atomic E-state index is 12.4. The van der Waals surface area contributed by atoms with E-state index in [9.17, 15) is 4.79 Å². The monoisotopic (exact) mass is 355 g/mol. The highest BCUT2D eigenvalue weighted by atomic mass is 79.9. The number of rotatable bonds is 3. The average molecular weight is 356 g/mol. The highest BCUT2D eigenvalue weighted by Crippen LogP contribution is 2.36. The van der Waals surface area contributed by atoms with Gasteiger partial charge in [-0.3, -0.25) is 4.79 Å². The van der Waals surface area contributed by atoms with Crippen LogP contribution in [0.2, 0.25) is 0 Å². The molecule has 0 bridgehead atoms. The first kappa shape index (κ1) is 16.3. The lowest BCUT2D eigenvalue weighted by Crippen LogP contribution is -2.31. The van der Waals surface area contributed by atoms with Crippen LogP contribution in [0.4, 0.5) is 0 Å². The molecule has 5 heteroatoms. The third-order valence-electron chi connectivity index (χ3n) is 3.53. The summed E-state index contributed by atoms with van der Waals surface area (Å²) in [5.74, 6) is 0.562. The van der Waals surface area contributed by atoms with E-state index in [0.29, 0.717) is 6.54 Å². The summed E-state index contributed by atoms with van der Waals surface area (Å²) in [4.78, 5) is 12.4. The SMILES string of the molecule is COc1ccc(Br)c([C@@H]2CNC[C@H]2C(=O)OC(C)(C)C)c1. The first-order valence-electron chi connectivity index (χ1n) is 7.09. The van der Waals surface area contributed by atoms with Gasteiger partial charge in [-0.15, -0.1) is 0 Å². The standard InChI is InChI=1S/C16H22BrNO3/c1-16(2,3)21-15(19)13-9-18-8-12(13)11-7-10(20-4)5-6-14(11)17/h5-7,12-13,18H,8-9H2,1-4H3/t12-,13+/m0/s1. The van der Waals surface area contributed by atoms with E-state index >= 15 is 0 Å². The van der Waals surface area contributed by atoms with Gasteiger partial charge >= 0.3 is 5.97 Å². The number of benzene rings is 1. The molecule has 116 valence electrons. The van der Waals surface area contributed by atoms with Crippen molar-refractivity contribution < 1.29 is 14.3 Å². The number of esters is 1. The fourth-order valence-corrected chi connectivity index (χ4v) is 3.10. The van der Waals surface area contributed by atoms with Crippen molar-refractivity contribution in [3.8, 4) is 5.75 Å². The molecule has 1 saturated heterocycles. The third-order valence-corrected chi connectivity index (χ3v) is 4.25. The molecule has 0 spiro atoms. The van der Waals surface area contributed by atoms with Crippen LogP contribution in [-0.2, 0) is 9.53 Å². The molecular formula is C16H22BrNO3. The summed E-state index contributed by atoms with van der Waals surface area (Å²) in [6.07, 6.45) is 0. The first-order chi connectivity index (χ1) is 9.81. The zero-order valence-electron chi connectivity index (χ0n) is 12.9. The second-order valence-corrected chi connectivity index (χ2v) is 7.15. The predicted molar refractivity (Wildman–Crippen MR) is 85.6 cm³/mol. The van der Waals surface area contributed by atoms with Gasteiger partial charge in [0.1, 0.15) is 11.4 Å². The number of hydrogen-bond donors (Lipinski definition) is 1. The van der Waals surface area contributed by atoms with E-state index < -0.39 is 5.60 Å². The van der Waals surface area contributed by atoms with Crippen molar-refractivity contribution in [1.82, 2.24) is 5.32 Å². The van der Waals surface area contributed by atoms with E-state index in [1.54, 1.807) is 7.11 Å². The Bertz CT molecular complexity index is 525. The maximum Gasteiger partial charge on any atom is 0.311 e. The van der Waals surface area contributed by atoms with Gasteiger partial charge in [-0.25, -0.2) is 0 Å². The summed E-state index contributed by atoms with van der Waals surface area (Å²) in [7, 11) is 1.64. The molecule has 1 aromatic rings. The summed E-state index contributed by atoms with van der Waals surface area (Å²) in [6, 6.07) is 5.84. The van der Waals surface area contributed by atoms with Crippen LogP contribution in [0.15, 0.2) is 22.7 Å². The maximum atomic E-state index is 12.4. The fraction of sp³-hybridized carbons (Fsp3) is 0.562. The highest BCUT2D eigenvalue weighted by Gasteiger charge is 2.37. The van der Waals surface area contributed by atoms with E-state index in [-0.39, 0.29) is 17.8 Å². The molecule has 1 aromatic carbocycles. The van der Waals surface area contributed by atoms with Crippen LogP contribution < -0.4 is 10.1 Å². The van der Waals surface area contributed by atoms with E-state index in [2.05, 4.69) is 21.2 Å². The quantitative estimate of drug-likeness (QED) is 0.846. The van der Waals surface area contributed by atoms with Gasteiger partial charge in [-0.2, -0.15) is 0 Å². The Morgan fingerprint density at radius 1 is 1.33 bits per heavy atom. The Morgan fingerprint density at radius 3 is 2.67 bits per heavy atom. The molecule has 0 saturated carbocycles. The Labute approximate surface area is 134 Å². The fourth-order valence-electron chi connectivity index (χ4n) is 2.56. The summed E-state index contributed by atoms with van der Waals surface area (Å²) in [5.41, 5.74) is 0.616. The lowest BCUT2D eigenvalue weighted by molar-refractivity contribution is -0.159. The van der Waals surface area contributed by atoms with Crippen molar-refractivity contribution >= 4 is 21.9 Å². The van der Waals surface area contributed by atoms with Crippen LogP contribution >= 0.6 is 15.9 Å². The Morgan fingerprint density at radius 2 is 2.05 bits per heavy atom. The summed E-state index contributed by atoms with van der Waals surface area (Å²) < 4.78 is 11.8. The molecule has 0 aliphatic carbocycles. The zero-order chi connectivity index (χ0) is 15.6. The van der Waals surface area contributed by atoms with E-state index in [0.717, 1.165) is 22.3 Å². The van der Waals surface area contributed by atoms with Gasteiger partial charge in [0.25, 0.3) is 0 Å². The number of carbonyl (C=O) groups is 1. The predicted octanol–water partition coefficient (Wildman–Crippen LogP) is 3.10. The van der Waals surface area contributed by atoms with Crippen molar-refractivity contribution in [3.05, 3.63) is 28.2 Å². The molecule has 0 radical (unpaired) electrons. The second kappa shape index (κ2) is 6.36. The van der Waals surface area contributed by atoms with Crippen LogP contribution in [0, 0.1) is 5.92 Å². The Hall–Kier alpha value is -1.07. The first-order valence-corrected chi connectivity index (χ1v) is 7.88. The molecule has 0 aromatic heterocycles. The van der Waals surface area contributed by atoms with Crippen molar-refractivity contribution in [2.24, 2.45) is 5.92 Å². The molecule has 21 heavy (non-hydrogen) atoms. The molecule has 1 heterocycles. The minimum atomic E-state index is -0.462. The van der Waals surface area contributed by atoms with Crippen LogP contribution in [-0.4, -0.2) is 31.8 Å². The number of ether oxygens (including phenoxy) is 2. The summed E-state index contributed by atoms with van der Waals surface area (Å²) in [5, 5.41) is 3.29. The van der Waals surface area contributed by atoms with E-state index in [1.165, 1.54) is 0 Å². The van der Waals surface area contributed by atoms with Crippen LogP contribution in [0.1, 0.15) is 32.3 Å². The second-order valence-electron chi connectivity index (χ2n) is 6.29. The normalized spacial score (nSPS) is 22.1. The van der Waals surface area contributed by atoms with Crippen LogP contribution in [0.3, 0.4) is 0 Å². The molecule has 1 N–H and O–H groups in total. The van der Waals surface area contributed by atoms with E-state index in [1.807, 2.05) is 39.0 Å². The Kier molecular flexibility index (Phi) is 4.94. The minimum Gasteiger partial charge on any atom is -0.497 e. The molecule has 1 aliphatic rings. The van der Waals surface area contributed by atoms with Gasteiger partial charge in [0.2, 0.25) is 0 Å². The smallest absolute Gasteiger partial charge is 0.311 e. The molecular weight excluding hydrogens is 334 g/mol. The third kappa shape index (κ3) is 3.98. The van der Waals surface area contributed by atoms with E-state index in [4.69, 9.17) is 9.47 Å². The minimum absolute atomic E-state index is 0.0873. The number of methoxy groups -OCH3 is 1.